The van der Waals surface area contributed by atoms with Gasteiger partial charge in [-0.2, -0.15) is 0 Å². The van der Waals surface area contributed by atoms with E-state index in [1.165, 1.54) is 17.7 Å². The minimum absolute atomic E-state index is 0.0780. The summed E-state index contributed by atoms with van der Waals surface area (Å²) < 4.78 is 0. The van der Waals surface area contributed by atoms with Crippen molar-refractivity contribution < 1.29 is 9.72 Å². The van der Waals surface area contributed by atoms with Crippen LogP contribution in [0, 0.1) is 16.0 Å². The molecule has 1 aliphatic carbocycles. The average molecular weight is 310 g/mol. The van der Waals surface area contributed by atoms with Gasteiger partial charge in [0, 0.05) is 24.6 Å². The molecule has 1 N–H and O–H groups in total. The number of non-ortho nitro benzene ring substituents is 1. The highest BCUT2D eigenvalue weighted by Gasteiger charge is 2.43. The van der Waals surface area contributed by atoms with Crippen molar-refractivity contribution >= 4 is 11.6 Å². The number of amides is 1. The summed E-state index contributed by atoms with van der Waals surface area (Å²) in [4.78, 5) is 22.3. The van der Waals surface area contributed by atoms with Gasteiger partial charge in [-0.1, -0.05) is 42.5 Å². The third-order valence-corrected chi connectivity index (χ3v) is 4.21. The van der Waals surface area contributed by atoms with Gasteiger partial charge < -0.3 is 5.32 Å². The number of benzene rings is 2. The van der Waals surface area contributed by atoms with Gasteiger partial charge in [0.05, 0.1) is 4.92 Å². The lowest BCUT2D eigenvalue weighted by Gasteiger charge is -2.05. The highest BCUT2D eigenvalue weighted by atomic mass is 16.6. The molecule has 1 saturated carbocycles. The lowest BCUT2D eigenvalue weighted by atomic mass is 10.1. The Morgan fingerprint density at radius 3 is 2.48 bits per heavy atom. The minimum Gasteiger partial charge on any atom is -0.356 e. The zero-order chi connectivity index (χ0) is 16.2. The van der Waals surface area contributed by atoms with Crippen molar-refractivity contribution in [3.8, 4) is 0 Å². The van der Waals surface area contributed by atoms with Crippen LogP contribution in [0.5, 0.6) is 0 Å². The zero-order valence-corrected chi connectivity index (χ0v) is 12.6. The van der Waals surface area contributed by atoms with Crippen molar-refractivity contribution in [2.24, 2.45) is 5.92 Å². The predicted octanol–water partition coefficient (Wildman–Crippen LogP) is 3.06. The maximum atomic E-state index is 12.1. The van der Waals surface area contributed by atoms with Crippen molar-refractivity contribution in [1.29, 1.82) is 0 Å². The molecule has 2 aromatic rings. The summed E-state index contributed by atoms with van der Waals surface area (Å²) in [7, 11) is 0. The molecule has 1 fully saturated rings. The number of nitro groups is 1. The molecular formula is C18H18N2O3. The SMILES string of the molecule is O=C(NCCc1ccc([N+](=O)[O-])cc1)C1CC1c1ccccc1. The molecule has 0 saturated heterocycles. The first kappa shape index (κ1) is 15.2. The van der Waals surface area contributed by atoms with Gasteiger partial charge in [0.15, 0.2) is 0 Å². The van der Waals surface area contributed by atoms with E-state index >= 15 is 0 Å². The van der Waals surface area contributed by atoms with Gasteiger partial charge >= 0.3 is 0 Å². The Morgan fingerprint density at radius 2 is 1.83 bits per heavy atom. The highest BCUT2D eigenvalue weighted by molar-refractivity contribution is 5.82. The van der Waals surface area contributed by atoms with Gasteiger partial charge in [-0.05, 0) is 29.9 Å². The molecule has 5 nitrogen and oxygen atoms in total. The van der Waals surface area contributed by atoms with Crippen molar-refractivity contribution in [1.82, 2.24) is 5.32 Å². The normalized spacial score (nSPS) is 19.1. The molecule has 118 valence electrons. The fourth-order valence-corrected chi connectivity index (χ4v) is 2.80. The van der Waals surface area contributed by atoms with Gasteiger partial charge in [-0.15, -0.1) is 0 Å². The summed E-state index contributed by atoms with van der Waals surface area (Å²) in [5, 5.41) is 13.6. The summed E-state index contributed by atoms with van der Waals surface area (Å²) >= 11 is 0. The summed E-state index contributed by atoms with van der Waals surface area (Å²) in [5.74, 6) is 0.519. The van der Waals surface area contributed by atoms with E-state index in [0.29, 0.717) is 18.9 Å². The Balaban J connectivity index is 1.44. The Morgan fingerprint density at radius 1 is 1.13 bits per heavy atom. The van der Waals surface area contributed by atoms with Crippen LogP contribution in [0.25, 0.3) is 0 Å². The van der Waals surface area contributed by atoms with Crippen molar-refractivity contribution in [3.63, 3.8) is 0 Å². The fourth-order valence-electron chi connectivity index (χ4n) is 2.80. The monoisotopic (exact) mass is 310 g/mol. The van der Waals surface area contributed by atoms with Gasteiger partial charge in [0.25, 0.3) is 5.69 Å². The number of carbonyl (C=O) groups is 1. The van der Waals surface area contributed by atoms with Crippen molar-refractivity contribution in [2.45, 2.75) is 18.8 Å². The zero-order valence-electron chi connectivity index (χ0n) is 12.6. The first-order valence-electron chi connectivity index (χ1n) is 7.71. The van der Waals surface area contributed by atoms with Crippen molar-refractivity contribution in [3.05, 3.63) is 75.8 Å². The molecule has 0 aliphatic heterocycles. The van der Waals surface area contributed by atoms with E-state index in [2.05, 4.69) is 17.4 Å². The molecule has 0 aromatic heterocycles. The van der Waals surface area contributed by atoms with Gasteiger partial charge in [-0.3, -0.25) is 14.9 Å². The van der Waals surface area contributed by atoms with E-state index in [4.69, 9.17) is 0 Å². The van der Waals surface area contributed by atoms with Gasteiger partial charge in [0.1, 0.15) is 0 Å². The third-order valence-electron chi connectivity index (χ3n) is 4.21. The second-order valence-electron chi connectivity index (χ2n) is 5.82. The van der Waals surface area contributed by atoms with Crippen LogP contribution in [-0.4, -0.2) is 17.4 Å². The van der Waals surface area contributed by atoms with Crippen LogP contribution in [0.15, 0.2) is 54.6 Å². The largest absolute Gasteiger partial charge is 0.356 e. The lowest BCUT2D eigenvalue weighted by Crippen LogP contribution is -2.27. The van der Waals surface area contributed by atoms with E-state index in [0.717, 1.165) is 12.0 Å². The predicted molar refractivity (Wildman–Crippen MR) is 87.1 cm³/mol. The number of carbonyl (C=O) groups excluding carboxylic acids is 1. The maximum Gasteiger partial charge on any atom is 0.269 e. The minimum atomic E-state index is -0.414. The molecule has 3 rings (SSSR count). The molecule has 0 spiro atoms. The lowest BCUT2D eigenvalue weighted by molar-refractivity contribution is -0.384. The van der Waals surface area contributed by atoms with Crippen LogP contribution in [-0.2, 0) is 11.2 Å². The topological polar surface area (TPSA) is 72.2 Å². The van der Waals surface area contributed by atoms with Crippen LogP contribution in [0.1, 0.15) is 23.5 Å². The number of rotatable bonds is 6. The highest BCUT2D eigenvalue weighted by Crippen LogP contribution is 2.47. The van der Waals surface area contributed by atoms with Gasteiger partial charge in [0.2, 0.25) is 5.91 Å². The van der Waals surface area contributed by atoms with Crippen LogP contribution < -0.4 is 5.32 Å². The second kappa shape index (κ2) is 6.60. The quantitative estimate of drug-likeness (QED) is 0.658. The molecule has 2 atom stereocenters. The molecule has 5 heteroatoms. The molecule has 2 unspecified atom stereocenters. The number of hydrogen-bond acceptors (Lipinski definition) is 3. The van der Waals surface area contributed by atoms with Crippen LogP contribution in [0.4, 0.5) is 5.69 Å². The first-order chi connectivity index (χ1) is 11.1. The Labute approximate surface area is 134 Å². The van der Waals surface area contributed by atoms with Gasteiger partial charge in [-0.25, -0.2) is 0 Å². The first-order valence-corrected chi connectivity index (χ1v) is 7.71. The van der Waals surface area contributed by atoms with Crippen LogP contribution >= 0.6 is 0 Å². The Hall–Kier alpha value is -2.69. The number of nitrogens with one attached hydrogen (secondary N) is 1. The Bertz CT molecular complexity index is 698. The molecule has 2 aromatic carbocycles. The molecule has 23 heavy (non-hydrogen) atoms. The van der Waals surface area contributed by atoms with E-state index in [1.807, 2.05) is 18.2 Å². The Kier molecular flexibility index (Phi) is 4.37. The summed E-state index contributed by atoms with van der Waals surface area (Å²) in [5.41, 5.74) is 2.29. The molecule has 0 heterocycles. The summed E-state index contributed by atoms with van der Waals surface area (Å²) in [6.45, 7) is 0.550. The molecular weight excluding hydrogens is 292 g/mol. The number of nitro benzene ring substituents is 1. The standard InChI is InChI=1S/C18H18N2O3/c21-18(17-12-16(17)14-4-2-1-3-5-14)19-11-10-13-6-8-15(9-7-13)20(22)23/h1-9,16-17H,10-12H2,(H,19,21). The van der Waals surface area contributed by atoms with E-state index in [-0.39, 0.29) is 17.5 Å². The van der Waals surface area contributed by atoms with E-state index < -0.39 is 4.92 Å². The van der Waals surface area contributed by atoms with Crippen molar-refractivity contribution in [2.75, 3.05) is 6.54 Å². The molecule has 1 amide bonds. The summed E-state index contributed by atoms with van der Waals surface area (Å²) in [6, 6.07) is 16.5. The fraction of sp³-hybridized carbons (Fsp3) is 0.278. The van der Waals surface area contributed by atoms with Crippen LogP contribution in [0.3, 0.4) is 0 Å². The molecule has 0 radical (unpaired) electrons. The molecule has 0 bridgehead atoms. The maximum absolute atomic E-state index is 12.1. The summed E-state index contributed by atoms with van der Waals surface area (Å²) in [6.07, 6.45) is 1.58. The molecule has 1 aliphatic rings. The number of hydrogen-bond donors (Lipinski definition) is 1. The van der Waals surface area contributed by atoms with Crippen LogP contribution in [0.2, 0.25) is 0 Å². The van der Waals surface area contributed by atoms with E-state index in [9.17, 15) is 14.9 Å². The van der Waals surface area contributed by atoms with E-state index in [1.54, 1.807) is 12.1 Å². The number of nitrogens with zero attached hydrogens (tertiary/aromatic N) is 1. The average Bonchev–Trinajstić information content (AvgIpc) is 3.37. The third kappa shape index (κ3) is 3.74. The smallest absolute Gasteiger partial charge is 0.269 e. The second-order valence-corrected chi connectivity index (χ2v) is 5.82.